The summed E-state index contributed by atoms with van der Waals surface area (Å²) < 4.78 is 5.12. The second-order valence-electron chi connectivity index (χ2n) is 4.52. The Bertz CT molecular complexity index is 374. The molecule has 0 amide bonds. The fraction of sp³-hybridized carbons (Fsp3) is 0.545. The molecule has 15 heavy (non-hydrogen) atoms. The molecule has 3 fully saturated rings. The van der Waals surface area contributed by atoms with Gasteiger partial charge in [-0.2, -0.15) is 0 Å². The number of nitrogens with zero attached hydrogens (tertiary/aromatic N) is 1. The summed E-state index contributed by atoms with van der Waals surface area (Å²) in [4.78, 5) is 0. The Hall–Kier alpha value is -0.800. The number of aromatic nitrogens is 1. The maximum atomic E-state index is 5.12. The SMILES string of the molecule is Cc1cc(/C=C/C23CC(CN2)C3)on1.Cl. The highest BCUT2D eigenvalue weighted by Crippen LogP contribution is 2.44. The molecule has 1 aromatic rings. The van der Waals surface area contributed by atoms with E-state index in [-0.39, 0.29) is 17.9 Å². The van der Waals surface area contributed by atoms with Crippen LogP contribution in [0, 0.1) is 12.8 Å². The zero-order chi connectivity index (χ0) is 9.60. The topological polar surface area (TPSA) is 38.1 Å². The maximum Gasteiger partial charge on any atom is 0.159 e. The average Bonchev–Trinajstić information content (AvgIpc) is 2.73. The molecule has 2 saturated heterocycles. The molecule has 0 spiro atoms. The van der Waals surface area contributed by atoms with Gasteiger partial charge in [0.15, 0.2) is 5.76 Å². The Labute approximate surface area is 95.3 Å². The molecule has 4 heteroatoms. The molecule has 0 aromatic carbocycles. The van der Waals surface area contributed by atoms with Crippen molar-refractivity contribution in [2.24, 2.45) is 5.92 Å². The molecule has 1 N–H and O–H groups in total. The largest absolute Gasteiger partial charge is 0.357 e. The predicted octanol–water partition coefficient (Wildman–Crippen LogP) is 2.17. The predicted molar refractivity (Wildman–Crippen MR) is 61.0 cm³/mol. The van der Waals surface area contributed by atoms with Crippen LogP contribution in [0.4, 0.5) is 0 Å². The molecule has 0 radical (unpaired) electrons. The van der Waals surface area contributed by atoms with Crippen molar-refractivity contribution in [3.8, 4) is 0 Å². The number of rotatable bonds is 2. The summed E-state index contributed by atoms with van der Waals surface area (Å²) in [5.74, 6) is 1.77. The molecule has 0 unspecified atom stereocenters. The van der Waals surface area contributed by atoms with Crippen LogP contribution in [0.25, 0.3) is 6.08 Å². The van der Waals surface area contributed by atoms with Crippen LogP contribution in [0.2, 0.25) is 0 Å². The van der Waals surface area contributed by atoms with Crippen LogP contribution in [-0.2, 0) is 0 Å². The van der Waals surface area contributed by atoms with E-state index < -0.39 is 0 Å². The van der Waals surface area contributed by atoms with Gasteiger partial charge in [-0.05, 0) is 38.3 Å². The minimum atomic E-state index is 0. The van der Waals surface area contributed by atoms with Crippen molar-refractivity contribution < 1.29 is 4.52 Å². The lowest BCUT2D eigenvalue weighted by Crippen LogP contribution is -2.40. The van der Waals surface area contributed by atoms with Gasteiger partial charge in [0, 0.05) is 11.6 Å². The Morgan fingerprint density at radius 1 is 1.60 bits per heavy atom. The van der Waals surface area contributed by atoms with E-state index in [0.29, 0.717) is 0 Å². The summed E-state index contributed by atoms with van der Waals surface area (Å²) in [5, 5.41) is 7.39. The minimum absolute atomic E-state index is 0. The molecular weight excluding hydrogens is 212 g/mol. The third-order valence-electron chi connectivity index (χ3n) is 3.26. The van der Waals surface area contributed by atoms with Gasteiger partial charge in [0.25, 0.3) is 0 Å². The molecule has 3 nitrogen and oxygen atoms in total. The van der Waals surface area contributed by atoms with Crippen molar-refractivity contribution in [2.75, 3.05) is 6.54 Å². The standard InChI is InChI=1S/C11H14N2O.ClH/c1-8-4-10(14-13-8)2-3-11-5-9(6-11)7-12-11;/h2-4,9,12H,5-7H2,1H3;1H/b3-2+;. The number of hydrogen-bond acceptors (Lipinski definition) is 3. The van der Waals surface area contributed by atoms with Crippen LogP contribution < -0.4 is 5.32 Å². The Morgan fingerprint density at radius 3 is 2.93 bits per heavy atom. The molecule has 2 bridgehead atoms. The quantitative estimate of drug-likeness (QED) is 0.840. The monoisotopic (exact) mass is 226 g/mol. The third-order valence-corrected chi connectivity index (χ3v) is 3.26. The highest BCUT2D eigenvalue weighted by atomic mass is 35.5. The molecule has 3 aliphatic rings. The second kappa shape index (κ2) is 3.65. The lowest BCUT2D eigenvalue weighted by Gasteiger charge is -2.34. The van der Waals surface area contributed by atoms with Crippen LogP contribution in [0.1, 0.15) is 24.3 Å². The Balaban J connectivity index is 0.000000853. The lowest BCUT2D eigenvalue weighted by atomic mass is 9.73. The van der Waals surface area contributed by atoms with E-state index >= 15 is 0 Å². The number of fused-ring (bicyclic) bond motifs is 1. The second-order valence-corrected chi connectivity index (χ2v) is 4.52. The van der Waals surface area contributed by atoms with Gasteiger partial charge >= 0.3 is 0 Å². The third kappa shape index (κ3) is 1.82. The first-order valence-corrected chi connectivity index (χ1v) is 5.13. The van der Waals surface area contributed by atoms with Crippen molar-refractivity contribution in [3.05, 3.63) is 23.6 Å². The summed E-state index contributed by atoms with van der Waals surface area (Å²) in [6.45, 7) is 3.12. The summed E-state index contributed by atoms with van der Waals surface area (Å²) >= 11 is 0. The van der Waals surface area contributed by atoms with Crippen LogP contribution in [0.3, 0.4) is 0 Å². The van der Waals surface area contributed by atoms with Gasteiger partial charge in [-0.3, -0.25) is 0 Å². The highest BCUT2D eigenvalue weighted by molar-refractivity contribution is 5.85. The van der Waals surface area contributed by atoms with E-state index in [1.54, 1.807) is 0 Å². The van der Waals surface area contributed by atoms with Crippen molar-refractivity contribution in [1.29, 1.82) is 0 Å². The van der Waals surface area contributed by atoms with Gasteiger partial charge in [-0.25, -0.2) is 0 Å². The van der Waals surface area contributed by atoms with Crippen molar-refractivity contribution in [3.63, 3.8) is 0 Å². The average molecular weight is 227 g/mol. The first kappa shape index (κ1) is 10.7. The van der Waals surface area contributed by atoms with Crippen LogP contribution in [0.5, 0.6) is 0 Å². The Morgan fingerprint density at radius 2 is 2.40 bits per heavy atom. The van der Waals surface area contributed by atoms with E-state index in [0.717, 1.165) is 17.4 Å². The summed E-state index contributed by atoms with van der Waals surface area (Å²) in [7, 11) is 0. The van der Waals surface area contributed by atoms with Crippen molar-refractivity contribution in [2.45, 2.75) is 25.3 Å². The maximum absolute atomic E-state index is 5.12. The summed E-state index contributed by atoms with van der Waals surface area (Å²) in [6, 6.07) is 1.96. The van der Waals surface area contributed by atoms with Gasteiger partial charge < -0.3 is 9.84 Å². The Kier molecular flexibility index (Phi) is 2.61. The summed E-state index contributed by atoms with van der Waals surface area (Å²) in [6.07, 6.45) is 6.85. The normalized spacial score (nSPS) is 32.7. The molecule has 4 rings (SSSR count). The van der Waals surface area contributed by atoms with Crippen LogP contribution in [0.15, 0.2) is 16.7 Å². The van der Waals surface area contributed by atoms with Crippen LogP contribution >= 0.6 is 12.4 Å². The van der Waals surface area contributed by atoms with Gasteiger partial charge in [-0.15, -0.1) is 12.4 Å². The van der Waals surface area contributed by atoms with E-state index in [2.05, 4.69) is 16.5 Å². The fourth-order valence-electron chi connectivity index (χ4n) is 2.51. The summed E-state index contributed by atoms with van der Waals surface area (Å²) in [5.41, 5.74) is 1.22. The van der Waals surface area contributed by atoms with Gasteiger partial charge in [0.2, 0.25) is 0 Å². The van der Waals surface area contributed by atoms with E-state index in [1.807, 2.05) is 19.1 Å². The molecule has 82 valence electrons. The molecule has 2 aliphatic heterocycles. The molecule has 3 heterocycles. The molecular formula is C11H15ClN2O. The molecule has 1 saturated carbocycles. The molecule has 1 aliphatic carbocycles. The zero-order valence-corrected chi connectivity index (χ0v) is 9.51. The fourth-order valence-corrected chi connectivity index (χ4v) is 2.51. The first-order valence-electron chi connectivity index (χ1n) is 5.13. The van der Waals surface area contributed by atoms with Gasteiger partial charge in [0.05, 0.1) is 5.69 Å². The number of hydrogen-bond donors (Lipinski definition) is 1. The first-order chi connectivity index (χ1) is 6.76. The minimum Gasteiger partial charge on any atom is -0.357 e. The molecule has 1 aromatic heterocycles. The molecule has 0 atom stereocenters. The van der Waals surface area contributed by atoms with E-state index in [1.165, 1.54) is 19.4 Å². The van der Waals surface area contributed by atoms with Crippen molar-refractivity contribution in [1.82, 2.24) is 10.5 Å². The lowest BCUT2D eigenvalue weighted by molar-refractivity contribution is 0.288. The van der Waals surface area contributed by atoms with Crippen molar-refractivity contribution >= 4 is 18.5 Å². The number of halogens is 1. The zero-order valence-electron chi connectivity index (χ0n) is 8.69. The number of nitrogens with one attached hydrogen (secondary N) is 1. The van der Waals surface area contributed by atoms with E-state index in [9.17, 15) is 0 Å². The van der Waals surface area contributed by atoms with Crippen LogP contribution in [-0.4, -0.2) is 17.2 Å². The van der Waals surface area contributed by atoms with E-state index in [4.69, 9.17) is 4.52 Å². The number of aryl methyl sites for hydroxylation is 1. The van der Waals surface area contributed by atoms with Gasteiger partial charge in [-0.1, -0.05) is 11.2 Å². The smallest absolute Gasteiger partial charge is 0.159 e. The highest BCUT2D eigenvalue weighted by Gasteiger charge is 2.48. The van der Waals surface area contributed by atoms with Gasteiger partial charge in [0.1, 0.15) is 0 Å².